The first kappa shape index (κ1) is 15.9. The van der Waals surface area contributed by atoms with E-state index in [1.54, 1.807) is 0 Å². The standard InChI is InChI=1S/C18H20N2O2S/c1-2-22-14-10-8-13(9-11-14)17-15(20-18(19)23-17)16(21)12-6-4-3-5-7-12/h3-11,15-17,21H,2H2,1H3,(H2,19,20)/t15-,16-,17+/m1/s1. The Hall–Kier alpha value is -1.98. The van der Waals surface area contributed by atoms with Crippen LogP contribution < -0.4 is 10.5 Å². The number of nitrogens with zero attached hydrogens (tertiary/aromatic N) is 1. The highest BCUT2D eigenvalue weighted by Gasteiger charge is 2.36. The zero-order valence-electron chi connectivity index (χ0n) is 12.9. The molecule has 0 unspecified atom stereocenters. The molecule has 0 aromatic heterocycles. The minimum absolute atomic E-state index is 0.000817. The van der Waals surface area contributed by atoms with Gasteiger partial charge >= 0.3 is 0 Å². The largest absolute Gasteiger partial charge is 0.494 e. The van der Waals surface area contributed by atoms with Crippen LogP contribution in [0.5, 0.6) is 5.75 Å². The molecule has 120 valence electrons. The van der Waals surface area contributed by atoms with Crippen molar-refractivity contribution in [2.24, 2.45) is 10.7 Å². The normalized spacial score (nSPS) is 21.7. The van der Waals surface area contributed by atoms with E-state index in [2.05, 4.69) is 4.99 Å². The van der Waals surface area contributed by atoms with Crippen LogP contribution in [0.4, 0.5) is 0 Å². The fourth-order valence-electron chi connectivity index (χ4n) is 2.71. The summed E-state index contributed by atoms with van der Waals surface area (Å²) in [6, 6.07) is 17.2. The van der Waals surface area contributed by atoms with Crippen LogP contribution in [0.3, 0.4) is 0 Å². The van der Waals surface area contributed by atoms with E-state index in [-0.39, 0.29) is 11.3 Å². The first-order valence-electron chi connectivity index (χ1n) is 7.64. The lowest BCUT2D eigenvalue weighted by Crippen LogP contribution is -2.20. The number of aliphatic imine (C=N–C) groups is 1. The molecule has 0 fully saturated rings. The SMILES string of the molecule is CCOc1ccc([C@@H]2SC(N)=N[C@@H]2[C@H](O)c2ccccc2)cc1. The van der Waals surface area contributed by atoms with E-state index < -0.39 is 6.10 Å². The molecule has 0 saturated heterocycles. The van der Waals surface area contributed by atoms with Gasteiger partial charge in [0.15, 0.2) is 5.17 Å². The molecule has 1 aliphatic rings. The van der Waals surface area contributed by atoms with Crippen LogP contribution in [0.15, 0.2) is 59.6 Å². The molecule has 0 saturated carbocycles. The van der Waals surface area contributed by atoms with Gasteiger partial charge in [0.05, 0.1) is 17.9 Å². The lowest BCUT2D eigenvalue weighted by atomic mass is 9.96. The van der Waals surface area contributed by atoms with E-state index in [1.165, 1.54) is 11.8 Å². The van der Waals surface area contributed by atoms with E-state index in [0.29, 0.717) is 11.8 Å². The van der Waals surface area contributed by atoms with Gasteiger partial charge in [-0.15, -0.1) is 0 Å². The molecule has 2 aromatic carbocycles. The Bertz CT molecular complexity index is 673. The Morgan fingerprint density at radius 3 is 2.52 bits per heavy atom. The molecule has 0 radical (unpaired) electrons. The van der Waals surface area contributed by atoms with Crippen LogP contribution in [0.2, 0.25) is 0 Å². The van der Waals surface area contributed by atoms with Crippen molar-refractivity contribution in [2.45, 2.75) is 24.3 Å². The summed E-state index contributed by atoms with van der Waals surface area (Å²) in [6.45, 7) is 2.60. The summed E-state index contributed by atoms with van der Waals surface area (Å²) in [5.41, 5.74) is 7.86. The lowest BCUT2D eigenvalue weighted by Gasteiger charge is -2.23. The van der Waals surface area contributed by atoms with Crippen molar-refractivity contribution < 1.29 is 9.84 Å². The summed E-state index contributed by atoms with van der Waals surface area (Å²) in [7, 11) is 0. The van der Waals surface area contributed by atoms with E-state index in [4.69, 9.17) is 10.5 Å². The fraction of sp³-hybridized carbons (Fsp3) is 0.278. The predicted molar refractivity (Wildman–Crippen MR) is 94.8 cm³/mol. The van der Waals surface area contributed by atoms with Gasteiger partial charge in [0.1, 0.15) is 11.9 Å². The van der Waals surface area contributed by atoms with Crippen molar-refractivity contribution in [1.29, 1.82) is 0 Å². The summed E-state index contributed by atoms with van der Waals surface area (Å²) < 4.78 is 5.48. The van der Waals surface area contributed by atoms with Crippen molar-refractivity contribution in [3.8, 4) is 5.75 Å². The van der Waals surface area contributed by atoms with E-state index in [1.807, 2.05) is 61.5 Å². The van der Waals surface area contributed by atoms with Gasteiger partial charge < -0.3 is 15.6 Å². The zero-order chi connectivity index (χ0) is 16.2. The molecule has 0 spiro atoms. The second-order valence-corrected chi connectivity index (χ2v) is 6.52. The van der Waals surface area contributed by atoms with Gasteiger partial charge in [-0.25, -0.2) is 0 Å². The molecular formula is C18H20N2O2S. The van der Waals surface area contributed by atoms with Crippen LogP contribution in [0.25, 0.3) is 0 Å². The van der Waals surface area contributed by atoms with Crippen LogP contribution in [-0.2, 0) is 0 Å². The van der Waals surface area contributed by atoms with E-state index in [9.17, 15) is 5.11 Å². The second-order valence-electron chi connectivity index (χ2n) is 5.35. The van der Waals surface area contributed by atoms with Gasteiger partial charge in [-0.05, 0) is 30.2 Å². The van der Waals surface area contributed by atoms with Crippen LogP contribution in [0.1, 0.15) is 29.4 Å². The third-order valence-corrected chi connectivity index (χ3v) is 4.97. The van der Waals surface area contributed by atoms with Crippen molar-refractivity contribution in [3.63, 3.8) is 0 Å². The molecule has 3 atom stereocenters. The number of aliphatic hydroxyl groups excluding tert-OH is 1. The highest BCUT2D eigenvalue weighted by atomic mass is 32.2. The van der Waals surface area contributed by atoms with Crippen LogP contribution in [0, 0.1) is 0 Å². The minimum atomic E-state index is -0.679. The molecule has 0 aliphatic carbocycles. The van der Waals surface area contributed by atoms with Gasteiger partial charge in [-0.1, -0.05) is 54.2 Å². The number of nitrogens with two attached hydrogens (primary N) is 1. The third-order valence-electron chi connectivity index (χ3n) is 3.82. The second kappa shape index (κ2) is 7.06. The van der Waals surface area contributed by atoms with E-state index >= 15 is 0 Å². The first-order valence-corrected chi connectivity index (χ1v) is 8.52. The molecule has 2 aromatic rings. The molecule has 0 amide bonds. The molecule has 1 aliphatic heterocycles. The molecular weight excluding hydrogens is 308 g/mol. The third kappa shape index (κ3) is 3.51. The maximum Gasteiger partial charge on any atom is 0.155 e. The Morgan fingerprint density at radius 2 is 1.87 bits per heavy atom. The summed E-state index contributed by atoms with van der Waals surface area (Å²) in [5.74, 6) is 0.841. The fourth-order valence-corrected chi connectivity index (χ4v) is 3.80. The molecule has 3 N–H and O–H groups in total. The van der Waals surface area contributed by atoms with Gasteiger partial charge in [-0.2, -0.15) is 0 Å². The first-order chi connectivity index (χ1) is 11.2. The number of aliphatic hydroxyl groups is 1. The van der Waals surface area contributed by atoms with Gasteiger partial charge in [0.25, 0.3) is 0 Å². The summed E-state index contributed by atoms with van der Waals surface area (Å²) in [4.78, 5) is 4.46. The Morgan fingerprint density at radius 1 is 1.17 bits per heavy atom. The number of benzene rings is 2. The molecule has 4 nitrogen and oxygen atoms in total. The maximum atomic E-state index is 10.7. The molecule has 1 heterocycles. The monoisotopic (exact) mass is 328 g/mol. The summed E-state index contributed by atoms with van der Waals surface area (Å²) >= 11 is 1.50. The van der Waals surface area contributed by atoms with Gasteiger partial charge in [0, 0.05) is 0 Å². The molecule has 3 rings (SSSR count). The Labute approximate surface area is 140 Å². The number of rotatable bonds is 5. The van der Waals surface area contributed by atoms with Crippen molar-refractivity contribution in [2.75, 3.05) is 6.61 Å². The quantitative estimate of drug-likeness (QED) is 0.884. The highest BCUT2D eigenvalue weighted by Crippen LogP contribution is 2.44. The average Bonchev–Trinajstić information content (AvgIpc) is 2.98. The molecule has 5 heteroatoms. The minimum Gasteiger partial charge on any atom is -0.494 e. The lowest BCUT2D eigenvalue weighted by molar-refractivity contribution is 0.147. The predicted octanol–water partition coefficient (Wildman–Crippen LogP) is 3.29. The van der Waals surface area contributed by atoms with Crippen molar-refractivity contribution >= 4 is 16.9 Å². The maximum absolute atomic E-state index is 10.7. The average molecular weight is 328 g/mol. The number of thioether (sulfide) groups is 1. The number of amidine groups is 1. The van der Waals surface area contributed by atoms with Gasteiger partial charge in [0.2, 0.25) is 0 Å². The number of ether oxygens (including phenoxy) is 1. The van der Waals surface area contributed by atoms with Crippen LogP contribution in [-0.4, -0.2) is 22.9 Å². The highest BCUT2D eigenvalue weighted by molar-refractivity contribution is 8.14. The summed E-state index contributed by atoms with van der Waals surface area (Å²) in [6.07, 6.45) is -0.679. The van der Waals surface area contributed by atoms with Gasteiger partial charge in [-0.3, -0.25) is 4.99 Å². The molecule has 0 bridgehead atoms. The number of hydrogen-bond acceptors (Lipinski definition) is 5. The van der Waals surface area contributed by atoms with E-state index in [0.717, 1.165) is 16.9 Å². The molecule has 23 heavy (non-hydrogen) atoms. The van der Waals surface area contributed by atoms with Crippen molar-refractivity contribution in [3.05, 3.63) is 65.7 Å². The number of hydrogen-bond donors (Lipinski definition) is 2. The Kier molecular flexibility index (Phi) is 4.88. The Balaban J connectivity index is 1.83. The van der Waals surface area contributed by atoms with Crippen LogP contribution >= 0.6 is 11.8 Å². The zero-order valence-corrected chi connectivity index (χ0v) is 13.7. The summed E-state index contributed by atoms with van der Waals surface area (Å²) in [5, 5.41) is 11.2. The smallest absolute Gasteiger partial charge is 0.155 e. The topological polar surface area (TPSA) is 67.8 Å². The van der Waals surface area contributed by atoms with Crippen molar-refractivity contribution in [1.82, 2.24) is 0 Å².